The van der Waals surface area contributed by atoms with Gasteiger partial charge in [0, 0.05) is 0 Å². The number of rotatable bonds is 4. The monoisotopic (exact) mass is 200 g/mol. The van der Waals surface area contributed by atoms with Crippen molar-refractivity contribution in [2.45, 2.75) is 5.41 Å². The van der Waals surface area contributed by atoms with Gasteiger partial charge in [-0.1, -0.05) is 12.1 Å². The van der Waals surface area contributed by atoms with Crippen LogP contribution < -0.4 is 0 Å². The van der Waals surface area contributed by atoms with Gasteiger partial charge in [-0.25, -0.2) is 4.39 Å². The highest BCUT2D eigenvalue weighted by molar-refractivity contribution is 5.26. The smallest absolute Gasteiger partial charge is 0.123 e. The van der Waals surface area contributed by atoms with Gasteiger partial charge in [-0.2, -0.15) is 0 Å². The van der Waals surface area contributed by atoms with Crippen molar-refractivity contribution in [2.24, 2.45) is 0 Å². The molecule has 3 nitrogen and oxygen atoms in total. The van der Waals surface area contributed by atoms with Crippen molar-refractivity contribution in [3.63, 3.8) is 0 Å². The van der Waals surface area contributed by atoms with Gasteiger partial charge in [-0.3, -0.25) is 0 Å². The van der Waals surface area contributed by atoms with E-state index in [1.54, 1.807) is 6.07 Å². The summed E-state index contributed by atoms with van der Waals surface area (Å²) in [5.74, 6) is -0.456. The fourth-order valence-electron chi connectivity index (χ4n) is 1.24. The Bertz CT molecular complexity index is 289. The lowest BCUT2D eigenvalue weighted by Gasteiger charge is -2.27. The van der Waals surface area contributed by atoms with Gasteiger partial charge in [0.05, 0.1) is 25.2 Å². The maximum absolute atomic E-state index is 12.9. The third-order valence-corrected chi connectivity index (χ3v) is 2.34. The first kappa shape index (κ1) is 11.1. The summed E-state index contributed by atoms with van der Waals surface area (Å²) in [6, 6.07) is 5.50. The molecule has 0 aromatic heterocycles. The van der Waals surface area contributed by atoms with Gasteiger partial charge in [-0.15, -0.1) is 0 Å². The highest BCUT2D eigenvalue weighted by Gasteiger charge is 2.30. The van der Waals surface area contributed by atoms with Crippen LogP contribution in [0.25, 0.3) is 0 Å². The molecular weight excluding hydrogens is 187 g/mol. The van der Waals surface area contributed by atoms with Crippen LogP contribution in [0.1, 0.15) is 5.56 Å². The van der Waals surface area contributed by atoms with E-state index in [0.29, 0.717) is 5.56 Å². The Kier molecular flexibility index (Phi) is 3.57. The van der Waals surface area contributed by atoms with E-state index in [4.69, 9.17) is 15.3 Å². The third kappa shape index (κ3) is 1.92. The zero-order valence-electron chi connectivity index (χ0n) is 7.65. The minimum atomic E-state index is -1.16. The summed E-state index contributed by atoms with van der Waals surface area (Å²) >= 11 is 0. The number of aliphatic hydroxyl groups is 3. The molecule has 4 heteroatoms. The molecule has 0 saturated carbocycles. The first-order valence-corrected chi connectivity index (χ1v) is 4.27. The van der Waals surface area contributed by atoms with Gasteiger partial charge in [0.15, 0.2) is 0 Å². The van der Waals surface area contributed by atoms with Crippen molar-refractivity contribution in [2.75, 3.05) is 19.8 Å². The lowest BCUT2D eigenvalue weighted by molar-refractivity contribution is 0.0639. The van der Waals surface area contributed by atoms with Gasteiger partial charge in [0.2, 0.25) is 0 Å². The Morgan fingerprint density at radius 3 is 2.07 bits per heavy atom. The van der Waals surface area contributed by atoms with Crippen LogP contribution in [0.5, 0.6) is 0 Å². The minimum absolute atomic E-state index is 0.394. The molecular formula is C10H13FO3. The first-order chi connectivity index (χ1) is 6.68. The lowest BCUT2D eigenvalue weighted by Crippen LogP contribution is -2.38. The normalized spacial score (nSPS) is 11.7. The summed E-state index contributed by atoms with van der Waals surface area (Å²) in [6.45, 7) is -1.28. The summed E-state index contributed by atoms with van der Waals surface area (Å²) < 4.78 is 12.9. The number of hydrogen-bond donors (Lipinski definition) is 3. The Balaban J connectivity index is 3.10. The highest BCUT2D eigenvalue weighted by atomic mass is 19.1. The fourth-order valence-corrected chi connectivity index (χ4v) is 1.24. The second-order valence-electron chi connectivity index (χ2n) is 3.27. The van der Waals surface area contributed by atoms with E-state index in [1.165, 1.54) is 18.2 Å². The average Bonchev–Trinajstić information content (AvgIpc) is 2.22. The molecule has 1 rings (SSSR count). The Hall–Kier alpha value is -0.970. The number of benzene rings is 1. The molecule has 1 aromatic carbocycles. The zero-order valence-corrected chi connectivity index (χ0v) is 7.65. The van der Waals surface area contributed by atoms with E-state index in [9.17, 15) is 4.39 Å². The van der Waals surface area contributed by atoms with Gasteiger partial charge in [-0.05, 0) is 17.7 Å². The number of halogens is 1. The van der Waals surface area contributed by atoms with Crippen molar-refractivity contribution in [3.05, 3.63) is 35.6 Å². The van der Waals surface area contributed by atoms with Gasteiger partial charge < -0.3 is 15.3 Å². The average molecular weight is 200 g/mol. The Morgan fingerprint density at radius 1 is 1.07 bits per heavy atom. The Morgan fingerprint density at radius 2 is 1.64 bits per heavy atom. The quantitative estimate of drug-likeness (QED) is 0.643. The predicted octanol–water partition coefficient (Wildman–Crippen LogP) is 0.0404. The van der Waals surface area contributed by atoms with Crippen LogP contribution in [0.15, 0.2) is 24.3 Å². The predicted molar refractivity (Wildman–Crippen MR) is 49.3 cm³/mol. The van der Waals surface area contributed by atoms with Crippen LogP contribution in [-0.2, 0) is 5.41 Å². The van der Waals surface area contributed by atoms with E-state index in [2.05, 4.69) is 0 Å². The molecule has 0 saturated heterocycles. The molecule has 1 aromatic rings. The summed E-state index contributed by atoms with van der Waals surface area (Å²) in [5, 5.41) is 27.2. The molecule has 0 radical (unpaired) electrons. The number of hydrogen-bond acceptors (Lipinski definition) is 3. The van der Waals surface area contributed by atoms with Crippen LogP contribution in [0.2, 0.25) is 0 Å². The van der Waals surface area contributed by atoms with Crippen LogP contribution in [0, 0.1) is 5.82 Å². The summed E-state index contributed by atoms with van der Waals surface area (Å²) in [4.78, 5) is 0. The van der Waals surface area contributed by atoms with Crippen LogP contribution in [0.4, 0.5) is 4.39 Å². The molecule has 0 fully saturated rings. The van der Waals surface area contributed by atoms with Gasteiger partial charge >= 0.3 is 0 Å². The molecule has 0 heterocycles. The van der Waals surface area contributed by atoms with E-state index in [1.807, 2.05) is 0 Å². The van der Waals surface area contributed by atoms with Crippen molar-refractivity contribution < 1.29 is 19.7 Å². The molecule has 0 aliphatic heterocycles. The summed E-state index contributed by atoms with van der Waals surface area (Å²) in [5.41, 5.74) is -0.771. The van der Waals surface area contributed by atoms with E-state index >= 15 is 0 Å². The van der Waals surface area contributed by atoms with Gasteiger partial charge in [0.1, 0.15) is 5.82 Å². The van der Waals surface area contributed by atoms with Crippen molar-refractivity contribution in [1.29, 1.82) is 0 Å². The third-order valence-electron chi connectivity index (χ3n) is 2.34. The number of aliphatic hydroxyl groups excluding tert-OH is 3. The molecule has 0 aliphatic carbocycles. The van der Waals surface area contributed by atoms with Crippen molar-refractivity contribution >= 4 is 0 Å². The maximum atomic E-state index is 12.9. The molecule has 78 valence electrons. The van der Waals surface area contributed by atoms with E-state index < -0.39 is 31.1 Å². The SMILES string of the molecule is OCC(CO)(CO)c1cccc(F)c1. The molecule has 14 heavy (non-hydrogen) atoms. The largest absolute Gasteiger partial charge is 0.395 e. The molecule has 0 amide bonds. The molecule has 0 aliphatic rings. The fraction of sp³-hybridized carbons (Fsp3) is 0.400. The standard InChI is InChI=1S/C10H13FO3/c11-9-3-1-2-8(4-9)10(5-12,6-13)7-14/h1-4,12-14H,5-7H2. The van der Waals surface area contributed by atoms with Gasteiger partial charge in [0.25, 0.3) is 0 Å². The minimum Gasteiger partial charge on any atom is -0.395 e. The van der Waals surface area contributed by atoms with Crippen molar-refractivity contribution in [3.8, 4) is 0 Å². The molecule has 0 spiro atoms. The van der Waals surface area contributed by atoms with E-state index in [0.717, 1.165) is 0 Å². The topological polar surface area (TPSA) is 60.7 Å². The zero-order chi connectivity index (χ0) is 10.6. The van der Waals surface area contributed by atoms with Crippen LogP contribution in [0.3, 0.4) is 0 Å². The first-order valence-electron chi connectivity index (χ1n) is 4.27. The molecule has 0 atom stereocenters. The Labute approximate surface area is 81.4 Å². The van der Waals surface area contributed by atoms with Crippen molar-refractivity contribution in [1.82, 2.24) is 0 Å². The lowest BCUT2D eigenvalue weighted by atomic mass is 9.83. The molecule has 0 unspecified atom stereocenters. The summed E-state index contributed by atoms with van der Waals surface area (Å²) in [7, 11) is 0. The second kappa shape index (κ2) is 4.50. The van der Waals surface area contributed by atoms with Crippen LogP contribution >= 0.6 is 0 Å². The summed E-state index contributed by atoms with van der Waals surface area (Å²) in [6.07, 6.45) is 0. The maximum Gasteiger partial charge on any atom is 0.123 e. The van der Waals surface area contributed by atoms with Crippen LogP contribution in [-0.4, -0.2) is 35.1 Å². The van der Waals surface area contributed by atoms with E-state index in [-0.39, 0.29) is 0 Å². The highest BCUT2D eigenvalue weighted by Crippen LogP contribution is 2.23. The second-order valence-corrected chi connectivity index (χ2v) is 3.27. The molecule has 3 N–H and O–H groups in total. The molecule has 0 bridgehead atoms.